The normalized spacial score (nSPS) is 14.4. The summed E-state index contributed by atoms with van der Waals surface area (Å²) in [5.41, 5.74) is 8.96. The molecule has 2 aliphatic rings. The van der Waals surface area contributed by atoms with E-state index in [2.05, 4.69) is 130 Å². The Kier molecular flexibility index (Phi) is 6.96. The van der Waals surface area contributed by atoms with Gasteiger partial charge in [-0.3, -0.25) is 0 Å². The van der Waals surface area contributed by atoms with Gasteiger partial charge in [-0.05, 0) is 70.4 Å². The van der Waals surface area contributed by atoms with Crippen LogP contribution in [0.15, 0.2) is 178 Å². The number of rotatable bonds is 6. The molecule has 8 aromatic rings. The molecule has 4 heterocycles. The zero-order valence-corrected chi connectivity index (χ0v) is 28.0. The van der Waals surface area contributed by atoms with Gasteiger partial charge in [0, 0.05) is 55.2 Å². The quantitative estimate of drug-likeness (QED) is 0.184. The van der Waals surface area contributed by atoms with Crippen molar-refractivity contribution in [1.82, 2.24) is 9.97 Å². The summed E-state index contributed by atoms with van der Waals surface area (Å²) >= 11 is 1.76. The molecule has 6 aromatic carbocycles. The van der Waals surface area contributed by atoms with Crippen molar-refractivity contribution in [2.75, 3.05) is 10.6 Å². The summed E-state index contributed by atoms with van der Waals surface area (Å²) in [6.45, 7) is 0. The van der Waals surface area contributed by atoms with Gasteiger partial charge < -0.3 is 10.6 Å². The summed E-state index contributed by atoms with van der Waals surface area (Å²) in [6, 6.07) is 50.7. The van der Waals surface area contributed by atoms with Crippen LogP contribution in [-0.2, 0) is 0 Å². The zero-order chi connectivity index (χ0) is 33.7. The highest BCUT2D eigenvalue weighted by Gasteiger charge is 2.25. The molecule has 0 saturated heterocycles. The minimum absolute atomic E-state index is 0.684. The summed E-state index contributed by atoms with van der Waals surface area (Å²) in [4.78, 5) is 20.9. The van der Waals surface area contributed by atoms with Crippen LogP contribution in [-0.4, -0.2) is 21.6 Å². The van der Waals surface area contributed by atoms with Gasteiger partial charge in [-0.25, -0.2) is 20.0 Å². The third-order valence-corrected chi connectivity index (χ3v) is 10.4. The molecule has 0 saturated carbocycles. The maximum atomic E-state index is 4.84. The average Bonchev–Trinajstić information content (AvgIpc) is 3.74. The second-order valence-electron chi connectivity index (χ2n) is 12.5. The van der Waals surface area contributed by atoms with Crippen molar-refractivity contribution in [2.45, 2.75) is 9.79 Å². The van der Waals surface area contributed by atoms with Crippen molar-refractivity contribution in [1.29, 1.82) is 0 Å². The lowest BCUT2D eigenvalue weighted by atomic mass is 9.98. The summed E-state index contributed by atoms with van der Waals surface area (Å²) in [5, 5.41) is 12.0. The second-order valence-corrected chi connectivity index (χ2v) is 13.6. The fraction of sp³-hybridized carbons (Fsp3) is 0. The number of aliphatic imine (C=N–C) groups is 2. The number of benzene rings is 6. The molecule has 0 unspecified atom stereocenters. The Morgan fingerprint density at radius 3 is 1.31 bits per heavy atom. The molecule has 240 valence electrons. The Bertz CT molecular complexity index is 2500. The van der Waals surface area contributed by atoms with E-state index >= 15 is 0 Å². The van der Waals surface area contributed by atoms with Gasteiger partial charge in [0.05, 0.1) is 11.4 Å². The zero-order valence-electron chi connectivity index (χ0n) is 27.2. The highest BCUT2D eigenvalue weighted by molar-refractivity contribution is 7.99. The Morgan fingerprint density at radius 1 is 0.412 bits per heavy atom. The topological polar surface area (TPSA) is 74.6 Å². The summed E-state index contributed by atoms with van der Waals surface area (Å²) < 4.78 is 0. The molecule has 7 heteroatoms. The van der Waals surface area contributed by atoms with Gasteiger partial charge in [0.1, 0.15) is 11.7 Å². The first-order chi connectivity index (χ1) is 25.2. The van der Waals surface area contributed by atoms with E-state index in [-0.39, 0.29) is 0 Å². The molecule has 0 radical (unpaired) electrons. The number of amidine groups is 2. The van der Waals surface area contributed by atoms with E-state index in [1.165, 1.54) is 31.3 Å². The van der Waals surface area contributed by atoms with E-state index < -0.39 is 0 Å². The molecular formula is C44H28N6S. The highest BCUT2D eigenvalue weighted by Crippen LogP contribution is 2.44. The molecule has 10 rings (SSSR count). The number of anilines is 2. The Balaban J connectivity index is 0.908. The van der Waals surface area contributed by atoms with Gasteiger partial charge in [-0.15, -0.1) is 0 Å². The van der Waals surface area contributed by atoms with E-state index in [0.29, 0.717) is 11.6 Å². The van der Waals surface area contributed by atoms with E-state index in [4.69, 9.17) is 9.98 Å². The van der Waals surface area contributed by atoms with Crippen molar-refractivity contribution in [3.63, 3.8) is 0 Å². The molecule has 6 nitrogen and oxygen atoms in total. The molecule has 0 aliphatic carbocycles. The third kappa shape index (κ3) is 5.23. The van der Waals surface area contributed by atoms with Crippen LogP contribution in [0.1, 0.15) is 11.1 Å². The molecule has 0 atom stereocenters. The fourth-order valence-corrected chi connectivity index (χ4v) is 7.87. The predicted molar refractivity (Wildman–Crippen MR) is 211 cm³/mol. The maximum absolute atomic E-state index is 4.84. The van der Waals surface area contributed by atoms with Gasteiger partial charge in [-0.1, -0.05) is 109 Å². The van der Waals surface area contributed by atoms with E-state index in [1.54, 1.807) is 24.2 Å². The lowest BCUT2D eigenvalue weighted by molar-refractivity contribution is 1.27. The van der Waals surface area contributed by atoms with Gasteiger partial charge >= 0.3 is 0 Å². The number of hydrogen-bond acceptors (Lipinski definition) is 5. The first-order valence-corrected chi connectivity index (χ1v) is 17.6. The number of pyridine rings is 2. The van der Waals surface area contributed by atoms with Crippen molar-refractivity contribution in [3.05, 3.63) is 169 Å². The molecule has 0 amide bonds. The Morgan fingerprint density at radius 2 is 0.882 bits per heavy atom. The standard InChI is InChI=1S/C44H28N6S/c1-3-25-45-37(11-1)47-43-35-9-5-7-29-17-23-33(41(49-43)39(29)35)27-13-19-31(20-14-27)51-32-21-15-28(16-22-32)34-24-18-30-8-6-10-36-40(30)42(34)50-44(36)48-38-12-2-4-26-46-38/h1-26H,(H,45,47,49)(H,46,48,50). The predicted octanol–water partition coefficient (Wildman–Crippen LogP) is 11.3. The molecular weight excluding hydrogens is 645 g/mol. The van der Waals surface area contributed by atoms with Crippen LogP contribution in [0.3, 0.4) is 0 Å². The monoisotopic (exact) mass is 672 g/mol. The molecule has 0 spiro atoms. The van der Waals surface area contributed by atoms with Crippen LogP contribution in [0.4, 0.5) is 23.0 Å². The smallest absolute Gasteiger partial charge is 0.154 e. The SMILES string of the molecule is c1ccc(N=C2Nc3c(-c4ccc(Sc5ccc(-c6ccc7cccc8c7c6NC8=Nc6ccccn6)cc5)cc4)ccc4cccc2c34)nc1. The van der Waals surface area contributed by atoms with Gasteiger partial charge in [0.2, 0.25) is 0 Å². The largest absolute Gasteiger partial charge is 0.339 e. The Labute approximate surface area is 298 Å². The van der Waals surface area contributed by atoms with Crippen LogP contribution in [0.25, 0.3) is 43.8 Å². The maximum Gasteiger partial charge on any atom is 0.154 e. The van der Waals surface area contributed by atoms with Crippen LogP contribution >= 0.6 is 11.8 Å². The molecule has 0 fully saturated rings. The Hall–Kier alpha value is -6.57. The number of nitrogens with zero attached hydrogens (tertiary/aromatic N) is 4. The van der Waals surface area contributed by atoms with Crippen molar-refractivity contribution < 1.29 is 0 Å². The summed E-state index contributed by atoms with van der Waals surface area (Å²) in [5.74, 6) is 3.01. The summed E-state index contributed by atoms with van der Waals surface area (Å²) in [7, 11) is 0. The summed E-state index contributed by atoms with van der Waals surface area (Å²) in [6.07, 6.45) is 3.54. The van der Waals surface area contributed by atoms with Crippen molar-refractivity contribution in [2.24, 2.45) is 9.98 Å². The first-order valence-electron chi connectivity index (χ1n) is 16.8. The lowest BCUT2D eigenvalue weighted by Crippen LogP contribution is -2.07. The molecule has 2 aromatic heterocycles. The van der Waals surface area contributed by atoms with Gasteiger partial charge in [-0.2, -0.15) is 0 Å². The molecule has 51 heavy (non-hydrogen) atoms. The van der Waals surface area contributed by atoms with E-state index in [0.717, 1.165) is 56.4 Å². The molecule has 2 N–H and O–H groups in total. The molecule has 0 bridgehead atoms. The fourth-order valence-electron chi connectivity index (χ4n) is 7.05. The van der Waals surface area contributed by atoms with Gasteiger partial charge in [0.25, 0.3) is 0 Å². The number of nitrogens with one attached hydrogen (secondary N) is 2. The van der Waals surface area contributed by atoms with E-state index in [9.17, 15) is 0 Å². The van der Waals surface area contributed by atoms with Crippen molar-refractivity contribution in [3.8, 4) is 22.3 Å². The second kappa shape index (κ2) is 12.1. The lowest BCUT2D eigenvalue weighted by Gasteiger charge is -2.11. The van der Waals surface area contributed by atoms with Crippen molar-refractivity contribution >= 4 is 68.0 Å². The first kappa shape index (κ1) is 29.4. The van der Waals surface area contributed by atoms with E-state index in [1.807, 2.05) is 36.4 Å². The van der Waals surface area contributed by atoms with Gasteiger partial charge in [0.15, 0.2) is 11.6 Å². The van der Waals surface area contributed by atoms with Crippen LogP contribution in [0.2, 0.25) is 0 Å². The van der Waals surface area contributed by atoms with Crippen LogP contribution in [0.5, 0.6) is 0 Å². The molecule has 2 aliphatic heterocycles. The minimum atomic E-state index is 0.684. The third-order valence-electron chi connectivity index (χ3n) is 9.41. The highest BCUT2D eigenvalue weighted by atomic mass is 32.2. The number of hydrogen-bond donors (Lipinski definition) is 2. The van der Waals surface area contributed by atoms with Crippen LogP contribution < -0.4 is 10.6 Å². The average molecular weight is 673 g/mol. The number of aromatic nitrogens is 2. The minimum Gasteiger partial charge on any atom is -0.339 e. The van der Waals surface area contributed by atoms with Crippen LogP contribution in [0, 0.1) is 0 Å².